The first-order valence-corrected chi connectivity index (χ1v) is 8.56. The summed E-state index contributed by atoms with van der Waals surface area (Å²) in [5, 5.41) is 0. The molecule has 0 amide bonds. The first-order valence-electron chi connectivity index (χ1n) is 8.56. The molecule has 25 heavy (non-hydrogen) atoms. The first kappa shape index (κ1) is 17.1. The molecule has 132 valence electrons. The van der Waals surface area contributed by atoms with Crippen LogP contribution in [0.2, 0.25) is 0 Å². The average molecular weight is 341 g/mol. The Morgan fingerprint density at radius 2 is 2.28 bits per heavy atom. The van der Waals surface area contributed by atoms with E-state index in [4.69, 9.17) is 10.5 Å². The van der Waals surface area contributed by atoms with E-state index in [0.29, 0.717) is 13.2 Å². The van der Waals surface area contributed by atoms with Crippen LogP contribution in [0.4, 0.5) is 11.8 Å². The lowest BCUT2D eigenvalue weighted by molar-refractivity contribution is -0.148. The molecule has 2 aromatic heterocycles. The summed E-state index contributed by atoms with van der Waals surface area (Å²) in [6, 6.07) is 3.86. The molecule has 1 aliphatic rings. The summed E-state index contributed by atoms with van der Waals surface area (Å²) in [5.74, 6) is 0.700. The number of aromatic nitrogens is 3. The summed E-state index contributed by atoms with van der Waals surface area (Å²) in [7, 11) is 0. The summed E-state index contributed by atoms with van der Waals surface area (Å²) in [5.41, 5.74) is 8.55. The van der Waals surface area contributed by atoms with Crippen molar-refractivity contribution in [1.29, 1.82) is 0 Å². The monoisotopic (exact) mass is 341 g/mol. The van der Waals surface area contributed by atoms with E-state index in [9.17, 15) is 4.79 Å². The van der Waals surface area contributed by atoms with E-state index >= 15 is 0 Å². The molecule has 7 nitrogen and oxygen atoms in total. The molecular weight excluding hydrogens is 318 g/mol. The Morgan fingerprint density at radius 3 is 3.00 bits per heavy atom. The molecule has 3 rings (SSSR count). The number of nitrogens with two attached hydrogens (primary N) is 1. The number of pyridine rings is 1. The second-order valence-electron chi connectivity index (χ2n) is 6.14. The number of nitrogen functional groups attached to an aromatic ring is 1. The van der Waals surface area contributed by atoms with Crippen LogP contribution in [0.3, 0.4) is 0 Å². The van der Waals surface area contributed by atoms with E-state index in [0.717, 1.165) is 42.0 Å². The number of nitrogens with zero attached hydrogens (tertiary/aromatic N) is 4. The zero-order chi connectivity index (χ0) is 17.8. The minimum atomic E-state index is -0.146. The van der Waals surface area contributed by atoms with Gasteiger partial charge in [-0.2, -0.15) is 4.98 Å². The van der Waals surface area contributed by atoms with Gasteiger partial charge in [-0.3, -0.25) is 9.78 Å². The highest BCUT2D eigenvalue weighted by molar-refractivity contribution is 5.79. The smallest absolute Gasteiger partial charge is 0.310 e. The Morgan fingerprint density at radius 1 is 1.44 bits per heavy atom. The third-order valence-corrected chi connectivity index (χ3v) is 4.38. The maximum absolute atomic E-state index is 12.1. The van der Waals surface area contributed by atoms with Gasteiger partial charge in [-0.05, 0) is 32.8 Å². The van der Waals surface area contributed by atoms with Crippen molar-refractivity contribution >= 4 is 17.7 Å². The van der Waals surface area contributed by atoms with Crippen molar-refractivity contribution in [3.63, 3.8) is 0 Å². The van der Waals surface area contributed by atoms with Crippen LogP contribution in [-0.2, 0) is 9.53 Å². The second-order valence-corrected chi connectivity index (χ2v) is 6.14. The van der Waals surface area contributed by atoms with Crippen LogP contribution in [-0.4, -0.2) is 40.6 Å². The number of piperidine rings is 1. The molecule has 1 fully saturated rings. The average Bonchev–Trinajstić information content (AvgIpc) is 2.62. The summed E-state index contributed by atoms with van der Waals surface area (Å²) in [6.07, 6.45) is 5.25. The fraction of sp³-hybridized carbons (Fsp3) is 0.444. The summed E-state index contributed by atoms with van der Waals surface area (Å²) >= 11 is 0. The SMILES string of the molecule is CCOC(=O)C1CCCN(c2nc(N)nc(C)c2-c2cccnc2)C1. The molecule has 2 N–H and O–H groups in total. The normalized spacial score (nSPS) is 17.4. The van der Waals surface area contributed by atoms with Gasteiger partial charge in [-0.1, -0.05) is 6.07 Å². The molecule has 1 unspecified atom stereocenters. The van der Waals surface area contributed by atoms with Crippen LogP contribution in [0, 0.1) is 12.8 Å². The van der Waals surface area contributed by atoms with Crippen LogP contribution in [0.1, 0.15) is 25.5 Å². The van der Waals surface area contributed by atoms with E-state index in [-0.39, 0.29) is 17.8 Å². The number of ether oxygens (including phenoxy) is 1. The third-order valence-electron chi connectivity index (χ3n) is 4.38. The number of carbonyl (C=O) groups excluding carboxylic acids is 1. The van der Waals surface area contributed by atoms with E-state index in [2.05, 4.69) is 19.9 Å². The van der Waals surface area contributed by atoms with E-state index in [1.165, 1.54) is 0 Å². The molecule has 0 aliphatic carbocycles. The molecule has 0 bridgehead atoms. The second kappa shape index (κ2) is 7.46. The maximum atomic E-state index is 12.1. The van der Waals surface area contributed by atoms with Gasteiger partial charge >= 0.3 is 5.97 Å². The molecule has 3 heterocycles. The Balaban J connectivity index is 1.97. The summed E-state index contributed by atoms with van der Waals surface area (Å²) < 4.78 is 5.19. The Labute approximate surface area is 147 Å². The minimum Gasteiger partial charge on any atom is -0.466 e. The molecular formula is C18H23N5O2. The molecule has 0 aromatic carbocycles. The van der Waals surface area contributed by atoms with Gasteiger partial charge in [-0.15, -0.1) is 0 Å². The van der Waals surface area contributed by atoms with Gasteiger partial charge in [0.05, 0.1) is 18.2 Å². The van der Waals surface area contributed by atoms with Crippen LogP contribution in [0.15, 0.2) is 24.5 Å². The Hall–Kier alpha value is -2.70. The fourth-order valence-corrected chi connectivity index (χ4v) is 3.28. The van der Waals surface area contributed by atoms with Crippen molar-refractivity contribution in [2.45, 2.75) is 26.7 Å². The molecule has 2 aromatic rings. The van der Waals surface area contributed by atoms with E-state index in [1.54, 1.807) is 12.4 Å². The number of anilines is 2. The van der Waals surface area contributed by atoms with Crippen molar-refractivity contribution in [3.05, 3.63) is 30.2 Å². The number of hydrogen-bond acceptors (Lipinski definition) is 7. The molecule has 7 heteroatoms. The van der Waals surface area contributed by atoms with Crippen molar-refractivity contribution in [1.82, 2.24) is 15.0 Å². The molecule has 0 spiro atoms. The zero-order valence-corrected chi connectivity index (χ0v) is 14.6. The number of rotatable bonds is 4. The van der Waals surface area contributed by atoms with Crippen molar-refractivity contribution in [2.75, 3.05) is 30.3 Å². The highest BCUT2D eigenvalue weighted by Crippen LogP contribution is 2.34. The van der Waals surface area contributed by atoms with E-state index < -0.39 is 0 Å². The van der Waals surface area contributed by atoms with Gasteiger partial charge < -0.3 is 15.4 Å². The number of aryl methyl sites for hydroxylation is 1. The molecule has 0 saturated carbocycles. The third kappa shape index (κ3) is 3.70. The molecule has 1 aliphatic heterocycles. The predicted molar refractivity (Wildman–Crippen MR) is 96.0 cm³/mol. The lowest BCUT2D eigenvalue weighted by atomic mass is 9.97. The van der Waals surface area contributed by atoms with Crippen molar-refractivity contribution in [2.24, 2.45) is 5.92 Å². The number of esters is 1. The van der Waals surface area contributed by atoms with Gasteiger partial charge in [0.25, 0.3) is 0 Å². The quantitative estimate of drug-likeness (QED) is 0.852. The maximum Gasteiger partial charge on any atom is 0.310 e. The summed E-state index contributed by atoms with van der Waals surface area (Å²) in [4.78, 5) is 27.3. The van der Waals surface area contributed by atoms with Crippen LogP contribution < -0.4 is 10.6 Å². The van der Waals surface area contributed by atoms with Gasteiger partial charge in [0, 0.05) is 36.6 Å². The molecule has 1 saturated heterocycles. The largest absolute Gasteiger partial charge is 0.466 e. The lowest BCUT2D eigenvalue weighted by Gasteiger charge is -2.33. The highest BCUT2D eigenvalue weighted by atomic mass is 16.5. The zero-order valence-electron chi connectivity index (χ0n) is 14.6. The molecule has 0 radical (unpaired) electrons. The van der Waals surface area contributed by atoms with Crippen LogP contribution >= 0.6 is 0 Å². The Kier molecular flexibility index (Phi) is 5.11. The lowest BCUT2D eigenvalue weighted by Crippen LogP contribution is -2.40. The topological polar surface area (TPSA) is 94.2 Å². The van der Waals surface area contributed by atoms with Crippen LogP contribution in [0.25, 0.3) is 11.1 Å². The van der Waals surface area contributed by atoms with Crippen LogP contribution in [0.5, 0.6) is 0 Å². The minimum absolute atomic E-state index is 0.145. The Bertz CT molecular complexity index is 751. The first-order chi connectivity index (χ1) is 12.1. The molecule has 1 atom stereocenters. The number of hydrogen-bond donors (Lipinski definition) is 1. The van der Waals surface area contributed by atoms with Gasteiger partial charge in [0.1, 0.15) is 5.82 Å². The van der Waals surface area contributed by atoms with Gasteiger partial charge in [0.2, 0.25) is 5.95 Å². The predicted octanol–water partition coefficient (Wildman–Crippen LogP) is 2.21. The van der Waals surface area contributed by atoms with E-state index in [1.807, 2.05) is 26.0 Å². The summed E-state index contributed by atoms with van der Waals surface area (Å²) in [6.45, 7) is 5.53. The fourth-order valence-electron chi connectivity index (χ4n) is 3.28. The highest BCUT2D eigenvalue weighted by Gasteiger charge is 2.29. The van der Waals surface area contributed by atoms with Crippen molar-refractivity contribution in [3.8, 4) is 11.1 Å². The van der Waals surface area contributed by atoms with Crippen molar-refractivity contribution < 1.29 is 9.53 Å². The number of carbonyl (C=O) groups is 1. The van der Waals surface area contributed by atoms with Gasteiger partial charge in [0.15, 0.2) is 0 Å². The van der Waals surface area contributed by atoms with Gasteiger partial charge in [-0.25, -0.2) is 4.98 Å². The standard InChI is InChI=1S/C18H23N5O2/c1-3-25-17(24)14-7-5-9-23(11-14)16-15(12(2)21-18(19)22-16)13-6-4-8-20-10-13/h4,6,8,10,14H,3,5,7,9,11H2,1-2H3,(H2,19,21,22).